The standard InChI is InChI=1S/C12H20N4O3S/c1-7(8(17)18)6-16(5)11(19)14-10-13-9(15-20-10)12(2,3)4/h7H,6H2,1-5H3,(H,17,18)(H,13,14,15,19). The monoisotopic (exact) mass is 300 g/mol. The van der Waals surface area contributed by atoms with Crippen molar-refractivity contribution in [3.8, 4) is 0 Å². The maximum Gasteiger partial charge on any atom is 0.323 e. The highest BCUT2D eigenvalue weighted by molar-refractivity contribution is 7.09. The topological polar surface area (TPSA) is 95.4 Å². The number of amides is 2. The zero-order valence-electron chi connectivity index (χ0n) is 12.3. The van der Waals surface area contributed by atoms with Gasteiger partial charge in [-0.05, 0) is 0 Å². The van der Waals surface area contributed by atoms with Gasteiger partial charge in [-0.3, -0.25) is 10.1 Å². The molecule has 0 fully saturated rings. The Morgan fingerprint density at radius 2 is 2.05 bits per heavy atom. The highest BCUT2D eigenvalue weighted by Crippen LogP contribution is 2.23. The molecule has 1 rings (SSSR count). The zero-order valence-corrected chi connectivity index (χ0v) is 13.1. The van der Waals surface area contributed by atoms with Crippen molar-refractivity contribution in [3.63, 3.8) is 0 Å². The Morgan fingerprint density at radius 1 is 1.45 bits per heavy atom. The summed E-state index contributed by atoms with van der Waals surface area (Å²) in [6, 6.07) is -0.394. The largest absolute Gasteiger partial charge is 0.481 e. The predicted octanol–water partition coefficient (Wildman–Crippen LogP) is 2.02. The Morgan fingerprint density at radius 3 is 2.50 bits per heavy atom. The maximum atomic E-state index is 11.9. The van der Waals surface area contributed by atoms with Gasteiger partial charge in [0, 0.05) is 30.5 Å². The molecule has 1 heterocycles. The van der Waals surface area contributed by atoms with Crippen LogP contribution in [0.1, 0.15) is 33.5 Å². The fourth-order valence-electron chi connectivity index (χ4n) is 1.34. The highest BCUT2D eigenvalue weighted by Gasteiger charge is 2.22. The van der Waals surface area contributed by atoms with Crippen LogP contribution in [-0.2, 0) is 10.2 Å². The first-order valence-electron chi connectivity index (χ1n) is 6.20. The van der Waals surface area contributed by atoms with Crippen molar-refractivity contribution in [2.45, 2.75) is 33.1 Å². The second-order valence-corrected chi connectivity index (χ2v) is 6.47. The van der Waals surface area contributed by atoms with Gasteiger partial charge in [-0.2, -0.15) is 4.37 Å². The fourth-order valence-corrected chi connectivity index (χ4v) is 2.09. The SMILES string of the molecule is CC(CN(C)C(=O)Nc1nc(C(C)(C)C)ns1)C(=O)O. The third kappa shape index (κ3) is 4.44. The number of aliphatic carboxylic acids is 1. The molecule has 2 amide bonds. The lowest BCUT2D eigenvalue weighted by Gasteiger charge is -2.19. The van der Waals surface area contributed by atoms with Gasteiger partial charge in [-0.25, -0.2) is 9.78 Å². The van der Waals surface area contributed by atoms with Crippen molar-refractivity contribution >= 4 is 28.7 Å². The Balaban J connectivity index is 2.62. The van der Waals surface area contributed by atoms with Crippen LogP contribution in [0.5, 0.6) is 0 Å². The molecule has 0 saturated carbocycles. The molecule has 0 aromatic carbocycles. The number of nitrogens with zero attached hydrogens (tertiary/aromatic N) is 3. The van der Waals surface area contributed by atoms with E-state index in [1.54, 1.807) is 14.0 Å². The van der Waals surface area contributed by atoms with Crippen LogP contribution in [0.2, 0.25) is 0 Å². The summed E-state index contributed by atoms with van der Waals surface area (Å²) in [5.74, 6) is -0.889. The van der Waals surface area contributed by atoms with Gasteiger partial charge in [0.05, 0.1) is 5.92 Å². The van der Waals surface area contributed by atoms with Crippen molar-refractivity contribution in [1.29, 1.82) is 0 Å². The molecule has 0 spiro atoms. The molecule has 2 N–H and O–H groups in total. The lowest BCUT2D eigenvalue weighted by atomic mass is 9.96. The number of carboxylic acid groups (broad SMARTS) is 1. The molecule has 1 atom stereocenters. The normalized spacial score (nSPS) is 12.8. The number of hydrogen-bond acceptors (Lipinski definition) is 5. The molecule has 1 aromatic heterocycles. The molecule has 0 bridgehead atoms. The van der Waals surface area contributed by atoms with E-state index in [2.05, 4.69) is 14.7 Å². The van der Waals surface area contributed by atoms with E-state index in [1.807, 2.05) is 20.8 Å². The first-order valence-corrected chi connectivity index (χ1v) is 6.97. The van der Waals surface area contributed by atoms with Crippen LogP contribution >= 0.6 is 11.5 Å². The van der Waals surface area contributed by atoms with E-state index in [4.69, 9.17) is 5.11 Å². The Labute approximate surface area is 122 Å². The Kier molecular flexibility index (Phi) is 5.04. The number of carbonyl (C=O) groups excluding carboxylic acids is 1. The van der Waals surface area contributed by atoms with Gasteiger partial charge in [-0.1, -0.05) is 27.7 Å². The average Bonchev–Trinajstić information content (AvgIpc) is 2.76. The van der Waals surface area contributed by atoms with E-state index in [9.17, 15) is 9.59 Å². The molecule has 20 heavy (non-hydrogen) atoms. The number of aromatic nitrogens is 2. The summed E-state index contributed by atoms with van der Waals surface area (Å²) in [5.41, 5.74) is -0.177. The summed E-state index contributed by atoms with van der Waals surface area (Å²) in [4.78, 5) is 28.2. The molecule has 0 aliphatic carbocycles. The second-order valence-electron chi connectivity index (χ2n) is 5.72. The van der Waals surface area contributed by atoms with Gasteiger partial charge in [0.25, 0.3) is 0 Å². The lowest BCUT2D eigenvalue weighted by molar-refractivity contribution is -0.141. The minimum absolute atomic E-state index is 0.131. The zero-order chi connectivity index (χ0) is 15.5. The van der Waals surface area contributed by atoms with Gasteiger partial charge >= 0.3 is 12.0 Å². The van der Waals surface area contributed by atoms with Crippen LogP contribution in [-0.4, -0.2) is 45.0 Å². The summed E-state index contributed by atoms with van der Waals surface area (Å²) in [7, 11) is 1.54. The van der Waals surface area contributed by atoms with Crippen LogP contribution in [0.4, 0.5) is 9.93 Å². The van der Waals surface area contributed by atoms with E-state index >= 15 is 0 Å². The van der Waals surface area contributed by atoms with Crippen LogP contribution in [0.3, 0.4) is 0 Å². The third-order valence-corrected chi connectivity index (χ3v) is 3.26. The summed E-state index contributed by atoms with van der Waals surface area (Å²) in [5, 5.41) is 11.8. The number of urea groups is 1. The molecule has 0 saturated heterocycles. The quantitative estimate of drug-likeness (QED) is 0.887. The molecule has 1 unspecified atom stereocenters. The van der Waals surface area contributed by atoms with Crippen molar-refractivity contribution in [2.24, 2.45) is 5.92 Å². The van der Waals surface area contributed by atoms with Crippen molar-refractivity contribution < 1.29 is 14.7 Å². The number of carbonyl (C=O) groups is 2. The van der Waals surface area contributed by atoms with Gasteiger partial charge in [0.1, 0.15) is 5.82 Å². The van der Waals surface area contributed by atoms with Crippen molar-refractivity contribution in [3.05, 3.63) is 5.82 Å². The van der Waals surface area contributed by atoms with E-state index < -0.39 is 17.9 Å². The molecule has 8 heteroatoms. The van der Waals surface area contributed by atoms with Crippen LogP contribution in [0.25, 0.3) is 0 Å². The molecule has 0 radical (unpaired) electrons. The second kappa shape index (κ2) is 6.17. The van der Waals surface area contributed by atoms with Crippen molar-refractivity contribution in [2.75, 3.05) is 18.9 Å². The van der Waals surface area contributed by atoms with Crippen molar-refractivity contribution in [1.82, 2.24) is 14.3 Å². The van der Waals surface area contributed by atoms with E-state index in [0.717, 1.165) is 11.5 Å². The van der Waals surface area contributed by atoms with Crippen LogP contribution in [0, 0.1) is 5.92 Å². The molecule has 1 aromatic rings. The maximum absolute atomic E-state index is 11.9. The predicted molar refractivity (Wildman–Crippen MR) is 77.1 cm³/mol. The van der Waals surface area contributed by atoms with Gasteiger partial charge < -0.3 is 10.0 Å². The fraction of sp³-hybridized carbons (Fsp3) is 0.667. The lowest BCUT2D eigenvalue weighted by Crippen LogP contribution is -2.36. The van der Waals surface area contributed by atoms with E-state index in [-0.39, 0.29) is 12.0 Å². The first-order chi connectivity index (χ1) is 9.11. The van der Waals surface area contributed by atoms with Crippen LogP contribution in [0.15, 0.2) is 0 Å². The Hall–Kier alpha value is -1.70. The number of nitrogens with one attached hydrogen (secondary N) is 1. The molecular weight excluding hydrogens is 280 g/mol. The van der Waals surface area contributed by atoms with Gasteiger partial charge in [0.2, 0.25) is 5.13 Å². The molecular formula is C12H20N4O3S. The minimum Gasteiger partial charge on any atom is -0.481 e. The van der Waals surface area contributed by atoms with E-state index in [1.165, 1.54) is 4.90 Å². The number of carboxylic acids is 1. The summed E-state index contributed by atoms with van der Waals surface area (Å²) in [6.07, 6.45) is 0. The smallest absolute Gasteiger partial charge is 0.323 e. The van der Waals surface area contributed by atoms with Gasteiger partial charge in [-0.15, -0.1) is 0 Å². The average molecular weight is 300 g/mol. The molecule has 0 aliphatic heterocycles. The summed E-state index contributed by atoms with van der Waals surface area (Å²) < 4.78 is 4.19. The summed E-state index contributed by atoms with van der Waals surface area (Å²) in [6.45, 7) is 7.64. The Bertz CT molecular complexity index is 495. The third-order valence-electron chi connectivity index (χ3n) is 2.63. The molecule has 7 nitrogen and oxygen atoms in total. The first kappa shape index (κ1) is 16.4. The molecule has 112 valence electrons. The molecule has 0 aliphatic rings. The highest BCUT2D eigenvalue weighted by atomic mass is 32.1. The number of rotatable bonds is 4. The minimum atomic E-state index is -0.935. The summed E-state index contributed by atoms with van der Waals surface area (Å²) >= 11 is 1.11. The number of anilines is 1. The van der Waals surface area contributed by atoms with E-state index in [0.29, 0.717) is 11.0 Å². The van der Waals surface area contributed by atoms with Crippen LogP contribution < -0.4 is 5.32 Å². The number of hydrogen-bond donors (Lipinski definition) is 2. The van der Waals surface area contributed by atoms with Gasteiger partial charge in [0.15, 0.2) is 0 Å².